The molecular weight excluding hydrogens is 523 g/mol. The molecule has 0 fully saturated rings. The zero-order chi connectivity index (χ0) is 29.5. The van der Waals surface area contributed by atoms with Crippen LogP contribution < -0.4 is 11.4 Å². The number of amides is 2. The molecule has 3 aromatic carbocycles. The number of carbonyl (C=O) groups is 2. The first-order chi connectivity index (χ1) is 19.6. The molecule has 41 heavy (non-hydrogen) atoms. The maximum atomic E-state index is 13.6. The average Bonchev–Trinajstić information content (AvgIpc) is 3.29. The van der Waals surface area contributed by atoms with Crippen molar-refractivity contribution in [1.82, 2.24) is 24.6 Å². The van der Waals surface area contributed by atoms with Crippen LogP contribution in [0.1, 0.15) is 55.2 Å². The molecule has 1 heterocycles. The van der Waals surface area contributed by atoms with E-state index in [0.29, 0.717) is 41.9 Å². The number of aromatic amines is 1. The smallest absolute Gasteiger partial charge is 0.345 e. The fourth-order valence-electron chi connectivity index (χ4n) is 5.76. The van der Waals surface area contributed by atoms with Crippen LogP contribution in [0.2, 0.25) is 0 Å². The van der Waals surface area contributed by atoms with Crippen molar-refractivity contribution in [3.05, 3.63) is 116 Å². The molecule has 1 aromatic heterocycles. The summed E-state index contributed by atoms with van der Waals surface area (Å²) >= 11 is 0. The number of halogens is 1. The van der Waals surface area contributed by atoms with Gasteiger partial charge in [-0.15, -0.1) is 5.10 Å². The van der Waals surface area contributed by atoms with Crippen LogP contribution in [0.25, 0.3) is 5.69 Å². The van der Waals surface area contributed by atoms with Gasteiger partial charge in [-0.2, -0.15) is 4.68 Å². The Balaban J connectivity index is 1.80. The van der Waals surface area contributed by atoms with Crippen molar-refractivity contribution in [1.29, 1.82) is 0 Å². The third-order valence-corrected chi connectivity index (χ3v) is 7.71. The fourth-order valence-corrected chi connectivity index (χ4v) is 5.76. The number of hydrogen-bond acceptors (Lipinski definition) is 5. The molecule has 4 aromatic rings. The fraction of sp³-hybridized carbons (Fsp3) is 0.290. The van der Waals surface area contributed by atoms with Crippen molar-refractivity contribution in [3.63, 3.8) is 0 Å². The van der Waals surface area contributed by atoms with E-state index >= 15 is 0 Å². The third-order valence-electron chi connectivity index (χ3n) is 7.71. The second-order valence-corrected chi connectivity index (χ2v) is 10.8. The molecule has 212 valence electrons. The lowest BCUT2D eigenvalue weighted by atomic mass is 9.69. The van der Waals surface area contributed by atoms with Crippen molar-refractivity contribution in [2.75, 3.05) is 34.7 Å². The minimum atomic E-state index is -0.986. The molecule has 0 bridgehead atoms. The predicted molar refractivity (Wildman–Crippen MR) is 154 cm³/mol. The van der Waals surface area contributed by atoms with E-state index in [1.54, 1.807) is 40.3 Å². The Morgan fingerprint density at radius 2 is 1.41 bits per heavy atom. The summed E-state index contributed by atoms with van der Waals surface area (Å²) in [6.45, 7) is 0.265. The second-order valence-electron chi connectivity index (χ2n) is 10.8. The number of H-pyrrole nitrogens is 1. The summed E-state index contributed by atoms with van der Waals surface area (Å²) in [6, 6.07) is 16.7. The van der Waals surface area contributed by atoms with Crippen molar-refractivity contribution >= 4 is 11.8 Å². The highest BCUT2D eigenvalue weighted by molar-refractivity contribution is 5.95. The number of nitrogens with two attached hydrogens (primary N) is 1. The van der Waals surface area contributed by atoms with E-state index in [4.69, 9.17) is 10.8 Å². The molecule has 2 amide bonds. The summed E-state index contributed by atoms with van der Waals surface area (Å²) in [5, 5.41) is 4.76. The van der Waals surface area contributed by atoms with Gasteiger partial charge in [-0.1, -0.05) is 12.1 Å². The summed E-state index contributed by atoms with van der Waals surface area (Å²) in [4.78, 5) is 45.1. The molecule has 3 N–H and O–H groups in total. The Hall–Kier alpha value is -4.57. The monoisotopic (exact) mass is 556 g/mol. The van der Waals surface area contributed by atoms with E-state index in [9.17, 15) is 18.8 Å². The highest BCUT2D eigenvalue weighted by Crippen LogP contribution is 2.46. The molecule has 0 radical (unpaired) electrons. The van der Waals surface area contributed by atoms with E-state index in [2.05, 4.69) is 4.98 Å². The Labute approximate surface area is 237 Å². The van der Waals surface area contributed by atoms with Gasteiger partial charge in [-0.3, -0.25) is 14.6 Å². The van der Waals surface area contributed by atoms with Gasteiger partial charge in [0.25, 0.3) is 11.8 Å². The summed E-state index contributed by atoms with van der Waals surface area (Å²) in [6.07, 6.45) is 1.60. The van der Waals surface area contributed by atoms with Gasteiger partial charge in [0.1, 0.15) is 11.6 Å². The molecule has 0 saturated carbocycles. The number of benzene rings is 3. The van der Waals surface area contributed by atoms with Gasteiger partial charge < -0.3 is 15.5 Å². The maximum Gasteiger partial charge on any atom is 0.348 e. The molecule has 0 atom stereocenters. The summed E-state index contributed by atoms with van der Waals surface area (Å²) in [5.74, 6) is -0.284. The van der Waals surface area contributed by atoms with Crippen LogP contribution in [0.3, 0.4) is 0 Å². The van der Waals surface area contributed by atoms with E-state index in [-0.39, 0.29) is 18.4 Å². The number of hydrogen-bond donors (Lipinski definition) is 2. The largest absolute Gasteiger partial charge is 0.348 e. The molecule has 0 saturated heterocycles. The molecule has 0 unspecified atom stereocenters. The summed E-state index contributed by atoms with van der Waals surface area (Å²) in [5.41, 5.74) is 9.93. The first-order valence-corrected chi connectivity index (χ1v) is 13.4. The Kier molecular flexibility index (Phi) is 7.35. The molecular formula is C31H33FN6O3. The number of nitrogens with one attached hydrogen (secondary N) is 1. The van der Waals surface area contributed by atoms with Crippen LogP contribution in [0.4, 0.5) is 4.39 Å². The highest BCUT2D eigenvalue weighted by atomic mass is 19.1. The molecule has 0 aliphatic heterocycles. The minimum absolute atomic E-state index is 0.119. The van der Waals surface area contributed by atoms with Crippen LogP contribution in [-0.2, 0) is 18.3 Å². The lowest BCUT2D eigenvalue weighted by Gasteiger charge is -2.34. The lowest BCUT2D eigenvalue weighted by molar-refractivity contribution is 0.0820. The number of fused-ring (bicyclic) bond motifs is 2. The van der Waals surface area contributed by atoms with E-state index in [0.717, 1.165) is 22.3 Å². The zero-order valence-electron chi connectivity index (χ0n) is 23.6. The van der Waals surface area contributed by atoms with Gasteiger partial charge in [0.05, 0.1) is 11.1 Å². The number of nitrogens with zero attached hydrogens (tertiary/aromatic N) is 4. The molecule has 10 heteroatoms. The van der Waals surface area contributed by atoms with Gasteiger partial charge in [0, 0.05) is 39.3 Å². The van der Waals surface area contributed by atoms with Gasteiger partial charge >= 0.3 is 5.69 Å². The van der Waals surface area contributed by atoms with Gasteiger partial charge in [0.15, 0.2) is 0 Å². The van der Waals surface area contributed by atoms with Crippen molar-refractivity contribution in [2.45, 2.75) is 24.7 Å². The Bertz CT molecular complexity index is 1620. The predicted octanol–water partition coefficient (Wildman–Crippen LogP) is 2.89. The van der Waals surface area contributed by atoms with Crippen molar-refractivity contribution in [2.24, 2.45) is 5.73 Å². The minimum Gasteiger partial charge on any atom is -0.345 e. The van der Waals surface area contributed by atoms with Crippen LogP contribution in [0, 0.1) is 5.82 Å². The van der Waals surface area contributed by atoms with Crippen LogP contribution in [-0.4, -0.2) is 71.1 Å². The number of aryl methyl sites for hydroxylation is 2. The van der Waals surface area contributed by atoms with E-state index < -0.39 is 16.9 Å². The number of aromatic nitrogens is 3. The van der Waals surface area contributed by atoms with Crippen molar-refractivity contribution in [3.8, 4) is 5.69 Å². The normalized spacial score (nSPS) is 13.6. The van der Waals surface area contributed by atoms with Crippen LogP contribution in [0.5, 0.6) is 0 Å². The topological polar surface area (TPSA) is 117 Å². The maximum absolute atomic E-state index is 13.6. The van der Waals surface area contributed by atoms with Crippen LogP contribution >= 0.6 is 0 Å². The first kappa shape index (κ1) is 28.0. The van der Waals surface area contributed by atoms with Gasteiger partial charge in [-0.05, 0) is 96.6 Å². The molecule has 1 aliphatic carbocycles. The number of rotatable bonds is 6. The van der Waals surface area contributed by atoms with E-state index in [1.807, 2.05) is 24.3 Å². The van der Waals surface area contributed by atoms with Crippen molar-refractivity contribution < 1.29 is 14.0 Å². The average molecular weight is 557 g/mol. The highest BCUT2D eigenvalue weighted by Gasteiger charge is 2.44. The standard InChI is InChI=1S/C31H33FN6O3/c1-36(2)27(39)21-7-13-25-19(17-21)5-6-20-18-22(28(40)37(3)4)8-14-26(20)31(25,15-16-33)29-34-30(41)38(35-29)24-11-9-23(32)10-12-24/h7-14,17-18H,5-6,15-16,33H2,1-4H3,(H,34,35,41). The summed E-state index contributed by atoms with van der Waals surface area (Å²) in [7, 11) is 6.83. The van der Waals surface area contributed by atoms with Gasteiger partial charge in [-0.25, -0.2) is 9.18 Å². The molecule has 5 rings (SSSR count). The Morgan fingerprint density at radius 3 is 1.88 bits per heavy atom. The van der Waals surface area contributed by atoms with Gasteiger partial charge in [0.2, 0.25) is 0 Å². The van der Waals surface area contributed by atoms with E-state index in [1.165, 1.54) is 38.7 Å². The summed E-state index contributed by atoms with van der Waals surface area (Å²) < 4.78 is 14.8. The van der Waals surface area contributed by atoms with Crippen LogP contribution in [0.15, 0.2) is 65.5 Å². The molecule has 9 nitrogen and oxygen atoms in total. The first-order valence-electron chi connectivity index (χ1n) is 13.4. The SMILES string of the molecule is CN(C)C(=O)c1ccc2c(c1)CCc1cc(C(=O)N(C)C)ccc1C2(CCN)c1nn(-c2ccc(F)cc2)c(=O)[nH]1. The lowest BCUT2D eigenvalue weighted by Crippen LogP contribution is -2.35. The number of carbonyl (C=O) groups excluding carboxylic acids is 2. The molecule has 0 spiro atoms. The Morgan fingerprint density at radius 1 is 0.902 bits per heavy atom. The zero-order valence-corrected chi connectivity index (χ0v) is 23.6. The second kappa shape index (κ2) is 10.8. The molecule has 1 aliphatic rings. The quantitative estimate of drug-likeness (QED) is 0.379. The third kappa shape index (κ3) is 4.84.